The minimum atomic E-state index is -0.568. The van der Waals surface area contributed by atoms with Crippen LogP contribution in [-0.4, -0.2) is 62.5 Å². The van der Waals surface area contributed by atoms with Crippen molar-refractivity contribution in [2.24, 2.45) is 11.8 Å². The van der Waals surface area contributed by atoms with Crippen LogP contribution in [0.1, 0.15) is 25.0 Å². The molecule has 0 amide bonds. The lowest BCUT2D eigenvalue weighted by Crippen LogP contribution is -2.33. The second-order valence-electron chi connectivity index (χ2n) is 9.02. The number of nitrogens with zero attached hydrogens (tertiary/aromatic N) is 1. The molecule has 1 N–H and O–H groups in total. The number of rotatable bonds is 13. The van der Waals surface area contributed by atoms with E-state index in [4.69, 9.17) is 25.8 Å². The molecule has 184 valence electrons. The third-order valence-electron chi connectivity index (χ3n) is 6.60. The van der Waals surface area contributed by atoms with E-state index in [1.165, 1.54) is 5.56 Å². The van der Waals surface area contributed by atoms with E-state index in [0.29, 0.717) is 32.3 Å². The maximum atomic E-state index is 12.0. The van der Waals surface area contributed by atoms with Crippen molar-refractivity contribution < 1.29 is 19.0 Å². The number of hydrogen-bond acceptors (Lipinski definition) is 6. The van der Waals surface area contributed by atoms with Gasteiger partial charge in [0.05, 0.1) is 6.61 Å². The molecule has 2 aliphatic rings. The molecule has 1 saturated carbocycles. The quantitative estimate of drug-likeness (QED) is 0.342. The van der Waals surface area contributed by atoms with Gasteiger partial charge in [0.2, 0.25) is 0 Å². The van der Waals surface area contributed by atoms with Gasteiger partial charge in [-0.05, 0) is 61.1 Å². The lowest BCUT2D eigenvalue weighted by atomic mass is 10.1. The standard InChI is InChI=1S/C27H35ClN2O4/c1-3-32-25(27(31)33-4-2)15-19-7-11-22(12-8-19)34-14-13-29-26-23-17-30(18-24(23)26)16-20-5-9-21(28)10-6-20/h5-12,23-26,29H,3-4,13-18H2,1-2H3/t23-,24-,25+/m0/s1. The molecule has 1 aliphatic heterocycles. The predicted octanol–water partition coefficient (Wildman–Crippen LogP) is 3.95. The summed E-state index contributed by atoms with van der Waals surface area (Å²) >= 11 is 5.98. The third-order valence-corrected chi connectivity index (χ3v) is 6.85. The van der Waals surface area contributed by atoms with E-state index in [1.54, 1.807) is 6.92 Å². The molecular formula is C27H35ClN2O4. The van der Waals surface area contributed by atoms with Gasteiger partial charge in [-0.3, -0.25) is 4.90 Å². The summed E-state index contributed by atoms with van der Waals surface area (Å²) in [4.78, 5) is 14.6. The second-order valence-corrected chi connectivity index (χ2v) is 9.46. The summed E-state index contributed by atoms with van der Waals surface area (Å²) in [5.74, 6) is 2.03. The summed E-state index contributed by atoms with van der Waals surface area (Å²) < 4.78 is 16.6. The minimum absolute atomic E-state index is 0.311. The molecule has 1 heterocycles. The van der Waals surface area contributed by atoms with Crippen LogP contribution < -0.4 is 10.1 Å². The fourth-order valence-corrected chi connectivity index (χ4v) is 5.00. The molecule has 3 atom stereocenters. The summed E-state index contributed by atoms with van der Waals surface area (Å²) in [5, 5.41) is 4.45. The largest absolute Gasteiger partial charge is 0.492 e. The molecule has 0 aromatic heterocycles. The van der Waals surface area contributed by atoms with E-state index in [-0.39, 0.29) is 5.97 Å². The Morgan fingerprint density at radius 3 is 2.35 bits per heavy atom. The number of halogens is 1. The summed E-state index contributed by atoms with van der Waals surface area (Å²) in [7, 11) is 0. The molecular weight excluding hydrogens is 452 g/mol. The van der Waals surface area contributed by atoms with Gasteiger partial charge in [0.15, 0.2) is 6.10 Å². The van der Waals surface area contributed by atoms with E-state index in [9.17, 15) is 4.79 Å². The number of carbonyl (C=O) groups excluding carboxylic acids is 1. The molecule has 1 saturated heterocycles. The highest BCUT2D eigenvalue weighted by molar-refractivity contribution is 6.30. The number of likely N-dealkylation sites (tertiary alicyclic amines) is 1. The molecule has 2 fully saturated rings. The van der Waals surface area contributed by atoms with Crippen LogP contribution in [0.25, 0.3) is 0 Å². The Hall–Kier alpha value is -2.12. The predicted molar refractivity (Wildman–Crippen MR) is 133 cm³/mol. The molecule has 4 rings (SSSR count). The van der Waals surface area contributed by atoms with Crippen molar-refractivity contribution in [1.82, 2.24) is 10.2 Å². The van der Waals surface area contributed by atoms with Crippen LogP contribution in [0.2, 0.25) is 5.02 Å². The Kier molecular flexibility index (Phi) is 8.84. The van der Waals surface area contributed by atoms with Crippen LogP contribution in [0.15, 0.2) is 48.5 Å². The molecule has 0 spiro atoms. The van der Waals surface area contributed by atoms with Crippen molar-refractivity contribution >= 4 is 17.6 Å². The smallest absolute Gasteiger partial charge is 0.335 e. The van der Waals surface area contributed by atoms with Crippen molar-refractivity contribution in [2.75, 3.05) is 39.5 Å². The highest BCUT2D eigenvalue weighted by Gasteiger charge is 2.55. The van der Waals surface area contributed by atoms with Crippen molar-refractivity contribution in [3.63, 3.8) is 0 Å². The molecule has 7 heteroatoms. The number of ether oxygens (including phenoxy) is 3. The van der Waals surface area contributed by atoms with E-state index >= 15 is 0 Å². The first-order chi connectivity index (χ1) is 16.6. The normalized spacial score (nSPS) is 22.3. The number of nitrogens with one attached hydrogen (secondary N) is 1. The topological polar surface area (TPSA) is 60.0 Å². The Morgan fingerprint density at radius 1 is 1.03 bits per heavy atom. The Bertz CT molecular complexity index is 909. The monoisotopic (exact) mass is 486 g/mol. The third kappa shape index (κ3) is 6.72. The van der Waals surface area contributed by atoms with Gasteiger partial charge in [0.25, 0.3) is 0 Å². The zero-order valence-corrected chi connectivity index (χ0v) is 20.8. The fraction of sp³-hybridized carbons (Fsp3) is 0.519. The maximum absolute atomic E-state index is 12.0. The van der Waals surface area contributed by atoms with Gasteiger partial charge < -0.3 is 19.5 Å². The van der Waals surface area contributed by atoms with Crippen LogP contribution in [-0.2, 0) is 27.2 Å². The lowest BCUT2D eigenvalue weighted by molar-refractivity contribution is -0.156. The lowest BCUT2D eigenvalue weighted by Gasteiger charge is -2.20. The van der Waals surface area contributed by atoms with Crippen LogP contribution in [0.4, 0.5) is 0 Å². The van der Waals surface area contributed by atoms with Crippen LogP contribution in [0, 0.1) is 11.8 Å². The Balaban J connectivity index is 1.12. The van der Waals surface area contributed by atoms with E-state index in [2.05, 4.69) is 22.3 Å². The zero-order valence-electron chi connectivity index (χ0n) is 20.0. The van der Waals surface area contributed by atoms with Gasteiger partial charge in [-0.1, -0.05) is 35.9 Å². The Labute approximate surface area is 207 Å². The SMILES string of the molecule is CCOC(=O)[C@@H](Cc1ccc(OCCNC2[C@H]3CN(Cc4ccc(Cl)cc4)C[C@H]23)cc1)OCC. The molecule has 6 nitrogen and oxygen atoms in total. The molecule has 1 aliphatic carbocycles. The average molecular weight is 487 g/mol. The summed E-state index contributed by atoms with van der Waals surface area (Å²) in [5.41, 5.74) is 2.34. The number of piperidine rings is 1. The summed E-state index contributed by atoms with van der Waals surface area (Å²) in [6.45, 7) is 9.29. The van der Waals surface area contributed by atoms with Crippen molar-refractivity contribution in [2.45, 2.75) is 39.0 Å². The minimum Gasteiger partial charge on any atom is -0.492 e. The second kappa shape index (κ2) is 12.0. The van der Waals surface area contributed by atoms with E-state index in [0.717, 1.165) is 54.4 Å². The average Bonchev–Trinajstić information content (AvgIpc) is 3.28. The van der Waals surface area contributed by atoms with Crippen molar-refractivity contribution in [3.8, 4) is 5.75 Å². The van der Waals surface area contributed by atoms with Crippen molar-refractivity contribution in [1.29, 1.82) is 0 Å². The number of carbonyl (C=O) groups is 1. The highest BCUT2D eigenvalue weighted by Crippen LogP contribution is 2.45. The molecule has 0 bridgehead atoms. The Morgan fingerprint density at radius 2 is 1.71 bits per heavy atom. The van der Waals surface area contributed by atoms with Gasteiger partial charge in [-0.2, -0.15) is 0 Å². The zero-order chi connectivity index (χ0) is 23.9. The molecule has 34 heavy (non-hydrogen) atoms. The van der Waals surface area contributed by atoms with Crippen LogP contribution >= 0.6 is 11.6 Å². The first kappa shape index (κ1) is 25.0. The van der Waals surface area contributed by atoms with Gasteiger partial charge in [-0.15, -0.1) is 0 Å². The molecule has 0 unspecified atom stereocenters. The number of benzene rings is 2. The van der Waals surface area contributed by atoms with Crippen LogP contribution in [0.5, 0.6) is 5.75 Å². The highest BCUT2D eigenvalue weighted by atomic mass is 35.5. The van der Waals surface area contributed by atoms with E-state index in [1.807, 2.05) is 43.3 Å². The molecule has 2 aromatic rings. The van der Waals surface area contributed by atoms with Gasteiger partial charge in [0.1, 0.15) is 12.4 Å². The van der Waals surface area contributed by atoms with Crippen molar-refractivity contribution in [3.05, 3.63) is 64.7 Å². The first-order valence-corrected chi connectivity index (χ1v) is 12.6. The molecule has 0 radical (unpaired) electrons. The van der Waals surface area contributed by atoms with Gasteiger partial charge in [0, 0.05) is 50.3 Å². The summed E-state index contributed by atoms with van der Waals surface area (Å²) in [6.07, 6.45) is -0.0744. The number of esters is 1. The molecule has 2 aromatic carbocycles. The van der Waals surface area contributed by atoms with Gasteiger partial charge >= 0.3 is 5.97 Å². The fourth-order valence-electron chi connectivity index (χ4n) is 4.87. The van der Waals surface area contributed by atoms with E-state index < -0.39 is 6.10 Å². The number of fused-ring (bicyclic) bond motifs is 1. The van der Waals surface area contributed by atoms with Crippen LogP contribution in [0.3, 0.4) is 0 Å². The summed E-state index contributed by atoms with van der Waals surface area (Å²) in [6, 6.07) is 16.6. The maximum Gasteiger partial charge on any atom is 0.335 e. The number of hydrogen-bond donors (Lipinski definition) is 1. The van der Waals surface area contributed by atoms with Gasteiger partial charge in [-0.25, -0.2) is 4.79 Å². The first-order valence-electron chi connectivity index (χ1n) is 12.3.